The number of amides is 4. The lowest BCUT2D eigenvalue weighted by atomic mass is 10.1. The van der Waals surface area contributed by atoms with E-state index < -0.39 is 22.8 Å². The second-order valence-corrected chi connectivity index (χ2v) is 7.81. The molecular weight excluding hydrogens is 482 g/mol. The van der Waals surface area contributed by atoms with Gasteiger partial charge in [0.1, 0.15) is 17.1 Å². The van der Waals surface area contributed by atoms with Gasteiger partial charge in [-0.15, -0.1) is 0 Å². The number of urea groups is 1. The van der Waals surface area contributed by atoms with Crippen LogP contribution in [0.5, 0.6) is 0 Å². The Hall–Kier alpha value is -4.05. The average Bonchev–Trinajstić information content (AvgIpc) is 3.20. The molecule has 0 spiro atoms. The third-order valence-electron chi connectivity index (χ3n) is 4.79. The number of hydrogen-bond acceptors (Lipinski definition) is 6. The number of aryl methyl sites for hydroxylation is 1. The van der Waals surface area contributed by atoms with E-state index in [0.29, 0.717) is 22.6 Å². The lowest BCUT2D eigenvalue weighted by molar-refractivity contribution is -0.384. The van der Waals surface area contributed by atoms with Crippen molar-refractivity contribution in [2.45, 2.75) is 6.92 Å². The zero-order valence-electron chi connectivity index (χ0n) is 16.5. The van der Waals surface area contributed by atoms with Crippen molar-refractivity contribution in [1.82, 2.24) is 5.32 Å². The van der Waals surface area contributed by atoms with Gasteiger partial charge in [-0.3, -0.25) is 25.0 Å². The Balaban J connectivity index is 1.66. The van der Waals surface area contributed by atoms with Crippen LogP contribution in [0.3, 0.4) is 0 Å². The third kappa shape index (κ3) is 3.95. The molecule has 1 saturated heterocycles. The molecular formula is C22H14BrN3O6. The number of rotatable bonds is 4. The summed E-state index contributed by atoms with van der Waals surface area (Å²) in [4.78, 5) is 48.8. The molecule has 1 aromatic heterocycles. The molecule has 3 aromatic rings. The minimum atomic E-state index is -0.846. The number of anilines is 1. The summed E-state index contributed by atoms with van der Waals surface area (Å²) in [6, 6.07) is 13.2. The van der Waals surface area contributed by atoms with E-state index in [1.807, 2.05) is 0 Å². The first kappa shape index (κ1) is 21.2. The highest BCUT2D eigenvalue weighted by Gasteiger charge is 2.37. The van der Waals surface area contributed by atoms with Crippen LogP contribution in [0.4, 0.5) is 16.2 Å². The molecule has 1 N–H and O–H groups in total. The van der Waals surface area contributed by atoms with Crippen molar-refractivity contribution in [3.63, 3.8) is 0 Å². The number of carbonyl (C=O) groups excluding carboxylic acids is 3. The van der Waals surface area contributed by atoms with E-state index in [-0.39, 0.29) is 17.0 Å². The van der Waals surface area contributed by atoms with Gasteiger partial charge in [0.2, 0.25) is 0 Å². The topological polar surface area (TPSA) is 123 Å². The zero-order valence-corrected chi connectivity index (χ0v) is 18.1. The van der Waals surface area contributed by atoms with Crippen molar-refractivity contribution in [2.24, 2.45) is 0 Å². The Morgan fingerprint density at radius 1 is 1.06 bits per heavy atom. The van der Waals surface area contributed by atoms with Crippen molar-refractivity contribution in [3.05, 3.63) is 86.1 Å². The maximum absolute atomic E-state index is 12.9. The fourth-order valence-corrected chi connectivity index (χ4v) is 3.50. The zero-order chi connectivity index (χ0) is 23.0. The van der Waals surface area contributed by atoms with E-state index in [4.69, 9.17) is 4.42 Å². The number of nitro groups is 1. The second kappa shape index (κ2) is 8.23. The monoisotopic (exact) mass is 495 g/mol. The molecule has 4 amide bonds. The highest BCUT2D eigenvalue weighted by Crippen LogP contribution is 2.30. The Kier molecular flexibility index (Phi) is 5.45. The predicted molar refractivity (Wildman–Crippen MR) is 119 cm³/mol. The molecule has 2 heterocycles. The number of hydrogen-bond donors (Lipinski definition) is 1. The van der Waals surface area contributed by atoms with Crippen LogP contribution in [0, 0.1) is 17.0 Å². The van der Waals surface area contributed by atoms with Crippen LogP contribution in [-0.2, 0) is 9.59 Å². The fourth-order valence-electron chi connectivity index (χ4n) is 3.24. The van der Waals surface area contributed by atoms with Gasteiger partial charge in [-0.05, 0) is 61.0 Å². The Morgan fingerprint density at radius 2 is 1.78 bits per heavy atom. The predicted octanol–water partition coefficient (Wildman–Crippen LogP) is 4.59. The van der Waals surface area contributed by atoms with Crippen LogP contribution in [0.15, 0.2) is 69.1 Å². The largest absolute Gasteiger partial charge is 0.457 e. The van der Waals surface area contributed by atoms with Gasteiger partial charge in [0.25, 0.3) is 17.5 Å². The number of carbonyl (C=O) groups is 3. The summed E-state index contributed by atoms with van der Waals surface area (Å²) in [5.41, 5.74) is 1.25. The van der Waals surface area contributed by atoms with E-state index in [9.17, 15) is 24.5 Å². The summed E-state index contributed by atoms with van der Waals surface area (Å²) in [6.45, 7) is 1.71. The molecule has 4 rings (SSSR count). The fraction of sp³-hybridized carbons (Fsp3) is 0.0455. The maximum atomic E-state index is 12.9. The molecule has 10 heteroatoms. The standard InChI is InChI=1S/C22H14BrN3O6/c1-12-10-15(26(30)31)6-8-17(12)19-9-7-16(32-19)11-18-20(27)24-22(29)25(21(18)28)14-4-2-13(23)3-5-14/h2-11H,1H3,(H,24,27,29)/b18-11+. The number of nitrogens with zero attached hydrogens (tertiary/aromatic N) is 2. The quantitative estimate of drug-likeness (QED) is 0.244. The van der Waals surface area contributed by atoms with Crippen LogP contribution in [0.2, 0.25) is 0 Å². The van der Waals surface area contributed by atoms with Gasteiger partial charge in [-0.2, -0.15) is 0 Å². The summed E-state index contributed by atoms with van der Waals surface area (Å²) in [6.07, 6.45) is 1.25. The maximum Gasteiger partial charge on any atom is 0.335 e. The summed E-state index contributed by atoms with van der Waals surface area (Å²) in [5, 5.41) is 13.1. The first-order chi connectivity index (χ1) is 15.2. The molecule has 32 heavy (non-hydrogen) atoms. The van der Waals surface area contributed by atoms with Gasteiger partial charge in [0, 0.05) is 22.2 Å². The number of halogens is 1. The number of barbiturate groups is 1. The van der Waals surface area contributed by atoms with Gasteiger partial charge in [-0.1, -0.05) is 15.9 Å². The van der Waals surface area contributed by atoms with Crippen molar-refractivity contribution in [1.29, 1.82) is 0 Å². The first-order valence-electron chi connectivity index (χ1n) is 9.27. The molecule has 1 aliphatic rings. The summed E-state index contributed by atoms with van der Waals surface area (Å²) in [5.74, 6) is -1.00. The molecule has 0 aliphatic carbocycles. The van der Waals surface area contributed by atoms with Crippen LogP contribution in [-0.4, -0.2) is 22.8 Å². The van der Waals surface area contributed by atoms with Gasteiger partial charge < -0.3 is 4.42 Å². The Morgan fingerprint density at radius 3 is 2.44 bits per heavy atom. The summed E-state index contributed by atoms with van der Waals surface area (Å²) < 4.78 is 6.51. The minimum Gasteiger partial charge on any atom is -0.457 e. The van der Waals surface area contributed by atoms with Crippen LogP contribution < -0.4 is 10.2 Å². The van der Waals surface area contributed by atoms with Crippen molar-refractivity contribution in [2.75, 3.05) is 4.90 Å². The SMILES string of the molecule is Cc1cc([N+](=O)[O-])ccc1-c1ccc(/C=C2\C(=O)NC(=O)N(c3ccc(Br)cc3)C2=O)o1. The molecule has 160 valence electrons. The molecule has 9 nitrogen and oxygen atoms in total. The van der Waals surface area contributed by atoms with Gasteiger partial charge in [-0.25, -0.2) is 9.69 Å². The number of nitrogens with one attached hydrogen (secondary N) is 1. The summed E-state index contributed by atoms with van der Waals surface area (Å²) in [7, 11) is 0. The number of non-ortho nitro benzene ring substituents is 1. The van der Waals surface area contributed by atoms with E-state index in [2.05, 4.69) is 21.2 Å². The van der Waals surface area contributed by atoms with E-state index in [0.717, 1.165) is 9.37 Å². The molecule has 0 bridgehead atoms. The lowest BCUT2D eigenvalue weighted by Crippen LogP contribution is -2.54. The second-order valence-electron chi connectivity index (χ2n) is 6.89. The molecule has 2 aromatic carbocycles. The molecule has 0 atom stereocenters. The Bertz CT molecular complexity index is 1310. The van der Waals surface area contributed by atoms with Gasteiger partial charge in [0.05, 0.1) is 10.6 Å². The molecule has 0 saturated carbocycles. The van der Waals surface area contributed by atoms with Crippen LogP contribution in [0.25, 0.3) is 17.4 Å². The lowest BCUT2D eigenvalue weighted by Gasteiger charge is -2.26. The smallest absolute Gasteiger partial charge is 0.335 e. The number of benzene rings is 2. The Labute approximate surface area is 189 Å². The minimum absolute atomic E-state index is 0.0395. The highest BCUT2D eigenvalue weighted by molar-refractivity contribution is 9.10. The van der Waals surface area contributed by atoms with Crippen LogP contribution >= 0.6 is 15.9 Å². The summed E-state index contributed by atoms with van der Waals surface area (Å²) >= 11 is 3.29. The molecule has 0 unspecified atom stereocenters. The average molecular weight is 496 g/mol. The van der Waals surface area contributed by atoms with Crippen molar-refractivity contribution >= 4 is 51.2 Å². The van der Waals surface area contributed by atoms with E-state index in [1.165, 1.54) is 18.2 Å². The van der Waals surface area contributed by atoms with Crippen molar-refractivity contribution < 1.29 is 23.7 Å². The molecule has 0 radical (unpaired) electrons. The van der Waals surface area contributed by atoms with Gasteiger partial charge >= 0.3 is 6.03 Å². The first-order valence-corrected chi connectivity index (χ1v) is 10.1. The van der Waals surface area contributed by atoms with Crippen molar-refractivity contribution in [3.8, 4) is 11.3 Å². The molecule has 1 fully saturated rings. The normalized spacial score (nSPS) is 15.2. The molecule has 1 aliphatic heterocycles. The number of furan rings is 1. The van der Waals surface area contributed by atoms with Gasteiger partial charge in [0.15, 0.2) is 0 Å². The number of imide groups is 2. The van der Waals surface area contributed by atoms with E-state index in [1.54, 1.807) is 49.4 Å². The van der Waals surface area contributed by atoms with E-state index >= 15 is 0 Å². The highest BCUT2D eigenvalue weighted by atomic mass is 79.9. The van der Waals surface area contributed by atoms with Crippen LogP contribution in [0.1, 0.15) is 11.3 Å². The third-order valence-corrected chi connectivity index (χ3v) is 5.31. The number of nitro benzene ring substituents is 1.